The first kappa shape index (κ1) is 12.1. The Balaban J connectivity index is 1.72. The maximum absolute atomic E-state index is 4.11. The van der Waals surface area contributed by atoms with Crippen LogP contribution in [0.2, 0.25) is 0 Å². The van der Waals surface area contributed by atoms with E-state index in [-0.39, 0.29) is 0 Å². The molecule has 0 aliphatic carbocycles. The highest BCUT2D eigenvalue weighted by Crippen LogP contribution is 2.27. The van der Waals surface area contributed by atoms with Gasteiger partial charge >= 0.3 is 0 Å². The summed E-state index contributed by atoms with van der Waals surface area (Å²) in [5, 5.41) is 2.13. The van der Waals surface area contributed by atoms with E-state index in [1.165, 1.54) is 14.9 Å². The van der Waals surface area contributed by atoms with Gasteiger partial charge < -0.3 is 0 Å². The molecule has 0 aliphatic heterocycles. The van der Waals surface area contributed by atoms with E-state index in [0.717, 1.165) is 17.9 Å². The van der Waals surface area contributed by atoms with E-state index < -0.39 is 0 Å². The number of rotatable bonds is 5. The zero-order chi connectivity index (χ0) is 11.2. The third-order valence-corrected chi connectivity index (χ3v) is 5.28. The van der Waals surface area contributed by atoms with Crippen LogP contribution in [0.1, 0.15) is 10.4 Å². The molecule has 0 radical (unpaired) electrons. The van der Waals surface area contributed by atoms with Gasteiger partial charge in [0.25, 0.3) is 0 Å². The fourth-order valence-electron chi connectivity index (χ4n) is 1.33. The predicted molar refractivity (Wildman–Crippen MR) is 76.1 cm³/mol. The van der Waals surface area contributed by atoms with Gasteiger partial charge in [-0.05, 0) is 51.2 Å². The van der Waals surface area contributed by atoms with Gasteiger partial charge in [0, 0.05) is 27.5 Å². The van der Waals surface area contributed by atoms with E-state index in [1.54, 1.807) is 0 Å². The highest BCUT2D eigenvalue weighted by molar-refractivity contribution is 9.10. The quantitative estimate of drug-likeness (QED) is 0.760. The Labute approximate surface area is 112 Å². The van der Waals surface area contributed by atoms with Crippen molar-refractivity contribution in [2.75, 3.05) is 5.75 Å². The molecule has 0 saturated heterocycles. The first-order valence-corrected chi connectivity index (χ1v) is 7.87. The van der Waals surface area contributed by atoms with Crippen molar-refractivity contribution in [1.29, 1.82) is 0 Å². The molecule has 0 N–H and O–H groups in total. The third-order valence-electron chi connectivity index (χ3n) is 2.18. The standard InChI is InChI=1S/C12H12BrNS2/c13-11-4-7-16-12(11)9-15-6-3-10-2-1-5-14-8-10/h1-2,4-5,7-8H,3,6,9H2. The van der Waals surface area contributed by atoms with Gasteiger partial charge in [-0.3, -0.25) is 4.98 Å². The lowest BCUT2D eigenvalue weighted by Crippen LogP contribution is -1.89. The van der Waals surface area contributed by atoms with E-state index in [9.17, 15) is 0 Å². The summed E-state index contributed by atoms with van der Waals surface area (Å²) in [4.78, 5) is 5.54. The van der Waals surface area contributed by atoms with Gasteiger partial charge in [-0.2, -0.15) is 11.8 Å². The number of thioether (sulfide) groups is 1. The van der Waals surface area contributed by atoms with Crippen molar-refractivity contribution in [3.63, 3.8) is 0 Å². The summed E-state index contributed by atoms with van der Waals surface area (Å²) >= 11 is 7.34. The Morgan fingerprint density at radius 2 is 2.31 bits per heavy atom. The zero-order valence-electron chi connectivity index (χ0n) is 8.73. The molecular weight excluding hydrogens is 302 g/mol. The first-order valence-electron chi connectivity index (χ1n) is 5.05. The monoisotopic (exact) mass is 313 g/mol. The molecule has 0 unspecified atom stereocenters. The van der Waals surface area contributed by atoms with Gasteiger partial charge in [0.15, 0.2) is 0 Å². The minimum atomic E-state index is 1.10. The SMILES string of the molecule is Brc1ccsc1CSCCc1cccnc1. The number of hydrogen-bond acceptors (Lipinski definition) is 3. The second kappa shape index (κ2) is 6.42. The van der Waals surface area contributed by atoms with E-state index in [2.05, 4.69) is 38.4 Å². The number of nitrogens with zero attached hydrogens (tertiary/aromatic N) is 1. The summed E-state index contributed by atoms with van der Waals surface area (Å²) in [7, 11) is 0. The van der Waals surface area contributed by atoms with Crippen molar-refractivity contribution < 1.29 is 0 Å². The fraction of sp³-hybridized carbons (Fsp3) is 0.250. The number of hydrogen-bond donors (Lipinski definition) is 0. The number of thiophene rings is 1. The molecule has 2 rings (SSSR count). The van der Waals surface area contributed by atoms with Crippen LogP contribution in [0.5, 0.6) is 0 Å². The number of halogens is 1. The van der Waals surface area contributed by atoms with Gasteiger partial charge in [0.05, 0.1) is 0 Å². The maximum Gasteiger partial charge on any atom is 0.0322 e. The summed E-state index contributed by atoms with van der Waals surface area (Å²) in [5.41, 5.74) is 1.32. The normalized spacial score (nSPS) is 10.6. The molecule has 0 aliphatic rings. The van der Waals surface area contributed by atoms with Crippen molar-refractivity contribution in [1.82, 2.24) is 4.98 Å². The highest BCUT2D eigenvalue weighted by atomic mass is 79.9. The summed E-state index contributed by atoms with van der Waals surface area (Å²) in [6.45, 7) is 0. The lowest BCUT2D eigenvalue weighted by Gasteiger charge is -2.01. The van der Waals surface area contributed by atoms with Crippen LogP contribution < -0.4 is 0 Å². The summed E-state index contributed by atoms with van der Waals surface area (Å²) in [6, 6.07) is 6.24. The average molecular weight is 314 g/mol. The van der Waals surface area contributed by atoms with Gasteiger partial charge in [-0.1, -0.05) is 6.07 Å². The fourth-order valence-corrected chi connectivity index (χ4v) is 4.18. The molecular formula is C12H12BrNS2. The molecule has 0 bridgehead atoms. The molecule has 16 heavy (non-hydrogen) atoms. The van der Waals surface area contributed by atoms with E-state index >= 15 is 0 Å². The first-order chi connectivity index (χ1) is 7.86. The predicted octanol–water partition coefficient (Wildman–Crippen LogP) is 4.38. The zero-order valence-corrected chi connectivity index (χ0v) is 11.9. The molecule has 84 valence electrons. The third kappa shape index (κ3) is 3.61. The molecule has 0 atom stereocenters. The Kier molecular flexibility index (Phi) is 4.88. The van der Waals surface area contributed by atoms with Crippen LogP contribution >= 0.6 is 39.0 Å². The molecule has 2 heterocycles. The molecule has 0 aromatic carbocycles. The lowest BCUT2D eigenvalue weighted by molar-refractivity contribution is 1.11. The van der Waals surface area contributed by atoms with Crippen molar-refractivity contribution in [2.24, 2.45) is 0 Å². The smallest absolute Gasteiger partial charge is 0.0322 e. The second-order valence-electron chi connectivity index (χ2n) is 3.36. The Morgan fingerprint density at radius 1 is 1.38 bits per heavy atom. The van der Waals surface area contributed by atoms with Crippen LogP contribution in [0.3, 0.4) is 0 Å². The molecule has 1 nitrogen and oxygen atoms in total. The van der Waals surface area contributed by atoms with Crippen LogP contribution in [0.4, 0.5) is 0 Å². The summed E-state index contributed by atoms with van der Waals surface area (Å²) < 4.78 is 1.24. The van der Waals surface area contributed by atoms with Crippen LogP contribution in [0.15, 0.2) is 40.4 Å². The second-order valence-corrected chi connectivity index (χ2v) is 6.32. The minimum Gasteiger partial charge on any atom is -0.264 e. The molecule has 2 aromatic rings. The maximum atomic E-state index is 4.11. The van der Waals surface area contributed by atoms with Gasteiger partial charge in [-0.15, -0.1) is 11.3 Å². The van der Waals surface area contributed by atoms with Crippen molar-refractivity contribution in [3.05, 3.63) is 50.9 Å². The molecule has 4 heteroatoms. The van der Waals surface area contributed by atoms with Crippen molar-refractivity contribution in [2.45, 2.75) is 12.2 Å². The lowest BCUT2D eigenvalue weighted by atomic mass is 10.2. The van der Waals surface area contributed by atoms with E-state index in [4.69, 9.17) is 0 Å². The number of pyridine rings is 1. The minimum absolute atomic E-state index is 1.10. The van der Waals surface area contributed by atoms with Crippen molar-refractivity contribution in [3.8, 4) is 0 Å². The van der Waals surface area contributed by atoms with Crippen molar-refractivity contribution >= 4 is 39.0 Å². The largest absolute Gasteiger partial charge is 0.264 e. The van der Waals surface area contributed by atoms with Crippen LogP contribution in [0.25, 0.3) is 0 Å². The van der Waals surface area contributed by atoms with Gasteiger partial charge in [0.1, 0.15) is 0 Å². The molecule has 0 fully saturated rings. The highest BCUT2D eigenvalue weighted by Gasteiger charge is 2.01. The molecule has 0 saturated carbocycles. The Morgan fingerprint density at radius 3 is 3.00 bits per heavy atom. The van der Waals surface area contributed by atoms with Gasteiger partial charge in [0.2, 0.25) is 0 Å². The molecule has 0 spiro atoms. The molecule has 2 aromatic heterocycles. The van der Waals surface area contributed by atoms with Gasteiger partial charge in [-0.25, -0.2) is 0 Å². The Hall–Kier alpha value is -0.320. The number of aromatic nitrogens is 1. The summed E-state index contributed by atoms with van der Waals surface area (Å²) in [5.74, 6) is 2.24. The van der Waals surface area contributed by atoms with Crippen LogP contribution in [0, 0.1) is 0 Å². The molecule has 0 amide bonds. The van der Waals surface area contributed by atoms with E-state index in [0.29, 0.717) is 0 Å². The van der Waals surface area contributed by atoms with Crippen LogP contribution in [-0.4, -0.2) is 10.7 Å². The topological polar surface area (TPSA) is 12.9 Å². The van der Waals surface area contributed by atoms with E-state index in [1.807, 2.05) is 41.6 Å². The average Bonchev–Trinajstić information content (AvgIpc) is 2.72. The number of aryl methyl sites for hydroxylation is 1. The summed E-state index contributed by atoms with van der Waals surface area (Å²) in [6.07, 6.45) is 4.86. The Bertz CT molecular complexity index is 428. The van der Waals surface area contributed by atoms with Crippen LogP contribution in [-0.2, 0) is 12.2 Å².